The fourth-order valence-corrected chi connectivity index (χ4v) is 2.87. The first-order valence-corrected chi connectivity index (χ1v) is 7.88. The molecule has 24 heavy (non-hydrogen) atoms. The molecule has 0 saturated carbocycles. The lowest BCUT2D eigenvalue weighted by Crippen LogP contribution is -2.44. The van der Waals surface area contributed by atoms with E-state index in [-0.39, 0.29) is 24.3 Å². The van der Waals surface area contributed by atoms with E-state index >= 15 is 0 Å². The number of benzene rings is 1. The fraction of sp³-hybridized carbons (Fsp3) is 0.529. The van der Waals surface area contributed by atoms with Crippen LogP contribution in [0.25, 0.3) is 0 Å². The van der Waals surface area contributed by atoms with Gasteiger partial charge >= 0.3 is 6.18 Å². The number of aryl methyl sites for hydroxylation is 1. The molecule has 1 saturated heterocycles. The molecule has 0 spiro atoms. The van der Waals surface area contributed by atoms with Gasteiger partial charge in [-0.3, -0.25) is 9.59 Å². The van der Waals surface area contributed by atoms with Gasteiger partial charge in [0.1, 0.15) is 0 Å². The molecule has 1 aliphatic heterocycles. The Labute approximate surface area is 139 Å². The van der Waals surface area contributed by atoms with Crippen molar-refractivity contribution in [3.63, 3.8) is 0 Å². The predicted molar refractivity (Wildman–Crippen MR) is 83.0 cm³/mol. The molecule has 1 aromatic rings. The first-order chi connectivity index (χ1) is 11.2. The number of halogens is 3. The summed E-state index contributed by atoms with van der Waals surface area (Å²) in [6, 6.07) is 3.49. The van der Waals surface area contributed by atoms with Crippen molar-refractivity contribution >= 4 is 11.8 Å². The van der Waals surface area contributed by atoms with Gasteiger partial charge in [-0.2, -0.15) is 13.2 Å². The summed E-state index contributed by atoms with van der Waals surface area (Å²) in [6.07, 6.45) is -2.89. The van der Waals surface area contributed by atoms with Crippen LogP contribution in [0.1, 0.15) is 36.5 Å². The summed E-state index contributed by atoms with van der Waals surface area (Å²) in [5.74, 6) is -0.483. The molecular weight excluding hydrogens is 321 g/mol. The number of hydrogen-bond acceptors (Lipinski definition) is 2. The van der Waals surface area contributed by atoms with Crippen molar-refractivity contribution in [3.8, 4) is 0 Å². The highest BCUT2D eigenvalue weighted by Gasteiger charge is 2.31. The van der Waals surface area contributed by atoms with Crippen LogP contribution in [0, 0.1) is 12.8 Å². The topological polar surface area (TPSA) is 49.4 Å². The number of carbonyl (C=O) groups excluding carboxylic acids is 2. The Morgan fingerprint density at radius 3 is 2.62 bits per heavy atom. The van der Waals surface area contributed by atoms with E-state index in [4.69, 9.17) is 0 Å². The van der Waals surface area contributed by atoms with Gasteiger partial charge in [-0.1, -0.05) is 6.07 Å². The van der Waals surface area contributed by atoms with E-state index in [0.717, 1.165) is 18.6 Å². The van der Waals surface area contributed by atoms with E-state index in [1.165, 1.54) is 13.0 Å². The van der Waals surface area contributed by atoms with Crippen LogP contribution in [0.4, 0.5) is 13.2 Å². The molecule has 1 aromatic carbocycles. The lowest BCUT2D eigenvalue weighted by Gasteiger charge is -2.31. The quantitative estimate of drug-likeness (QED) is 0.918. The van der Waals surface area contributed by atoms with E-state index in [1.54, 1.807) is 11.8 Å². The number of hydrogen-bond donors (Lipinski definition) is 1. The van der Waals surface area contributed by atoms with Gasteiger partial charge in [0.25, 0.3) is 0 Å². The third kappa shape index (κ3) is 4.49. The van der Waals surface area contributed by atoms with Gasteiger partial charge in [-0.05, 0) is 43.0 Å². The number of carbonyl (C=O) groups is 2. The molecule has 1 atom stereocenters. The van der Waals surface area contributed by atoms with Crippen LogP contribution in [-0.2, 0) is 22.3 Å². The summed E-state index contributed by atoms with van der Waals surface area (Å²) in [7, 11) is 0. The molecule has 1 N–H and O–H groups in total. The van der Waals surface area contributed by atoms with Crippen LogP contribution in [0.5, 0.6) is 0 Å². The fourth-order valence-electron chi connectivity index (χ4n) is 2.87. The number of alkyl halides is 3. The predicted octanol–water partition coefficient (Wildman–Crippen LogP) is 2.89. The minimum absolute atomic E-state index is 0.0499. The maximum atomic E-state index is 12.7. The molecule has 4 nitrogen and oxygen atoms in total. The monoisotopic (exact) mass is 342 g/mol. The first kappa shape index (κ1) is 18.3. The second kappa shape index (κ2) is 7.23. The highest BCUT2D eigenvalue weighted by Crippen LogP contribution is 2.30. The number of nitrogens with zero attached hydrogens (tertiary/aromatic N) is 1. The van der Waals surface area contributed by atoms with Gasteiger partial charge < -0.3 is 10.2 Å². The summed E-state index contributed by atoms with van der Waals surface area (Å²) >= 11 is 0. The largest absolute Gasteiger partial charge is 0.416 e. The van der Waals surface area contributed by atoms with Gasteiger partial charge in [0.15, 0.2) is 0 Å². The molecule has 132 valence electrons. The summed E-state index contributed by atoms with van der Waals surface area (Å²) < 4.78 is 38.0. The minimum atomic E-state index is -4.37. The van der Waals surface area contributed by atoms with Crippen molar-refractivity contribution in [2.45, 2.75) is 39.4 Å². The Morgan fingerprint density at radius 1 is 1.33 bits per heavy atom. The van der Waals surface area contributed by atoms with Crippen molar-refractivity contribution in [3.05, 3.63) is 34.9 Å². The van der Waals surface area contributed by atoms with Gasteiger partial charge in [0.2, 0.25) is 11.8 Å². The molecule has 0 radical (unpaired) electrons. The van der Waals surface area contributed by atoms with E-state index in [0.29, 0.717) is 30.6 Å². The van der Waals surface area contributed by atoms with Gasteiger partial charge in [0.05, 0.1) is 11.5 Å². The number of amides is 2. The smallest absolute Gasteiger partial charge is 0.352 e. The van der Waals surface area contributed by atoms with Crippen LogP contribution in [-0.4, -0.2) is 29.8 Å². The van der Waals surface area contributed by atoms with Gasteiger partial charge in [-0.15, -0.1) is 0 Å². The van der Waals surface area contributed by atoms with Gasteiger partial charge in [0, 0.05) is 26.6 Å². The lowest BCUT2D eigenvalue weighted by molar-refractivity contribution is -0.138. The molecule has 7 heteroatoms. The van der Waals surface area contributed by atoms with Crippen molar-refractivity contribution in [2.24, 2.45) is 5.92 Å². The van der Waals surface area contributed by atoms with E-state index < -0.39 is 11.7 Å². The zero-order valence-corrected chi connectivity index (χ0v) is 13.7. The summed E-state index contributed by atoms with van der Waals surface area (Å²) in [6.45, 7) is 4.31. The summed E-state index contributed by atoms with van der Waals surface area (Å²) in [5, 5.41) is 2.77. The lowest BCUT2D eigenvalue weighted by atomic mass is 9.97. The Balaban J connectivity index is 1.95. The molecule has 0 bridgehead atoms. The van der Waals surface area contributed by atoms with Crippen LogP contribution < -0.4 is 5.32 Å². The maximum absolute atomic E-state index is 12.7. The molecule has 1 heterocycles. The summed E-state index contributed by atoms with van der Waals surface area (Å²) in [4.78, 5) is 25.3. The van der Waals surface area contributed by atoms with Crippen molar-refractivity contribution in [1.29, 1.82) is 0 Å². The third-order valence-electron chi connectivity index (χ3n) is 4.36. The Bertz CT molecular complexity index is 629. The molecule has 0 unspecified atom stereocenters. The second-order valence-electron chi connectivity index (χ2n) is 6.16. The average molecular weight is 342 g/mol. The van der Waals surface area contributed by atoms with Crippen molar-refractivity contribution in [1.82, 2.24) is 10.2 Å². The maximum Gasteiger partial charge on any atom is 0.416 e. The highest BCUT2D eigenvalue weighted by atomic mass is 19.4. The number of piperidine rings is 1. The molecule has 2 rings (SSSR count). The van der Waals surface area contributed by atoms with E-state index in [2.05, 4.69) is 5.32 Å². The van der Waals surface area contributed by atoms with E-state index in [9.17, 15) is 22.8 Å². The average Bonchev–Trinajstić information content (AvgIpc) is 2.52. The van der Waals surface area contributed by atoms with Crippen LogP contribution >= 0.6 is 0 Å². The normalized spacial score (nSPS) is 18.4. The first-order valence-electron chi connectivity index (χ1n) is 7.88. The standard InChI is InChI=1S/C17H21F3N2O2/c1-11-8-15(17(18,19)20)6-5-13(11)9-21-16(24)14-4-3-7-22(10-14)12(2)23/h5-6,8,14H,3-4,7,9-10H2,1-2H3,(H,21,24)/t14-/m1/s1. The molecule has 2 amide bonds. The molecule has 0 aliphatic carbocycles. The van der Waals surface area contributed by atoms with Crippen molar-refractivity contribution < 1.29 is 22.8 Å². The van der Waals surface area contributed by atoms with Crippen LogP contribution in [0.15, 0.2) is 18.2 Å². The van der Waals surface area contributed by atoms with Crippen molar-refractivity contribution in [2.75, 3.05) is 13.1 Å². The Morgan fingerprint density at radius 2 is 2.04 bits per heavy atom. The zero-order chi connectivity index (χ0) is 17.9. The number of likely N-dealkylation sites (tertiary alicyclic amines) is 1. The van der Waals surface area contributed by atoms with Crippen LogP contribution in [0.3, 0.4) is 0 Å². The minimum Gasteiger partial charge on any atom is -0.352 e. The molecule has 1 fully saturated rings. The zero-order valence-electron chi connectivity index (χ0n) is 13.7. The highest BCUT2D eigenvalue weighted by molar-refractivity contribution is 5.80. The second-order valence-corrected chi connectivity index (χ2v) is 6.16. The molecular formula is C17H21F3N2O2. The Kier molecular flexibility index (Phi) is 5.51. The summed E-state index contributed by atoms with van der Waals surface area (Å²) in [5.41, 5.74) is 0.439. The molecule has 1 aliphatic rings. The number of nitrogens with one attached hydrogen (secondary N) is 1. The van der Waals surface area contributed by atoms with E-state index in [1.807, 2.05) is 0 Å². The number of rotatable bonds is 3. The SMILES string of the molecule is CC(=O)N1CCC[C@@H](C(=O)NCc2ccc(C(F)(F)F)cc2C)C1. The van der Waals surface area contributed by atoms with Gasteiger partial charge in [-0.25, -0.2) is 0 Å². The molecule has 0 aromatic heterocycles. The third-order valence-corrected chi connectivity index (χ3v) is 4.36. The Hall–Kier alpha value is -2.05. The van der Waals surface area contributed by atoms with Crippen LogP contribution in [0.2, 0.25) is 0 Å².